The number of nitrogens with zero attached hydrogens (tertiary/aromatic N) is 1. The second-order valence-electron chi connectivity index (χ2n) is 7.68. The molecule has 0 aliphatic rings. The highest BCUT2D eigenvalue weighted by molar-refractivity contribution is 7.92. The van der Waals surface area contributed by atoms with Crippen molar-refractivity contribution < 1.29 is 17.9 Å². The molecule has 6 nitrogen and oxygen atoms in total. The van der Waals surface area contributed by atoms with Crippen molar-refractivity contribution in [2.45, 2.75) is 31.2 Å². The van der Waals surface area contributed by atoms with Crippen LogP contribution in [-0.2, 0) is 14.8 Å². The molecule has 1 atom stereocenters. The van der Waals surface area contributed by atoms with Gasteiger partial charge < -0.3 is 10.1 Å². The van der Waals surface area contributed by atoms with Gasteiger partial charge in [0, 0.05) is 5.02 Å². The van der Waals surface area contributed by atoms with Gasteiger partial charge in [-0.05, 0) is 60.9 Å². The number of nitrogens with one attached hydrogen (secondary N) is 1. The highest BCUT2D eigenvalue weighted by Gasteiger charge is 2.29. The van der Waals surface area contributed by atoms with Crippen molar-refractivity contribution in [1.82, 2.24) is 5.32 Å². The van der Waals surface area contributed by atoms with Crippen molar-refractivity contribution in [2.24, 2.45) is 0 Å². The van der Waals surface area contributed by atoms with Gasteiger partial charge in [-0.15, -0.1) is 0 Å². The van der Waals surface area contributed by atoms with Gasteiger partial charge in [-0.25, -0.2) is 8.42 Å². The lowest BCUT2D eigenvalue weighted by molar-refractivity contribution is -0.120. The summed E-state index contributed by atoms with van der Waals surface area (Å²) in [4.78, 5) is 13.2. The molecule has 1 N–H and O–H groups in total. The third-order valence-electron chi connectivity index (χ3n) is 5.36. The average Bonchev–Trinajstić information content (AvgIpc) is 2.83. The van der Waals surface area contributed by atoms with Crippen LogP contribution in [0, 0.1) is 6.92 Å². The molecule has 0 aromatic heterocycles. The second-order valence-corrected chi connectivity index (χ2v) is 10.4. The maximum absolute atomic E-state index is 13.5. The first-order valence-corrected chi connectivity index (χ1v) is 12.8. The standard InChI is InChI=1S/C25H26Cl2N2O4S/c1-4-22(18-10-13-24(33-3)17(2)14-18)28-25(30)16-29(23-15-19(26)11-12-21(23)27)34(31,32)20-8-6-5-7-9-20/h5-15,22H,4,16H2,1-3H3,(H,28,30)/t22-/m1/s1. The van der Waals surface area contributed by atoms with Gasteiger partial charge in [-0.2, -0.15) is 0 Å². The van der Waals surface area contributed by atoms with E-state index < -0.39 is 22.5 Å². The molecule has 3 aromatic rings. The van der Waals surface area contributed by atoms with Gasteiger partial charge in [0.1, 0.15) is 12.3 Å². The first-order valence-electron chi connectivity index (χ1n) is 10.6. The molecule has 0 bridgehead atoms. The van der Waals surface area contributed by atoms with E-state index in [1.54, 1.807) is 31.4 Å². The SMILES string of the molecule is CC[C@@H](NC(=O)CN(c1cc(Cl)ccc1Cl)S(=O)(=O)c1ccccc1)c1ccc(OC)c(C)c1. The molecule has 3 aromatic carbocycles. The predicted octanol–water partition coefficient (Wildman–Crippen LogP) is 5.77. The average molecular weight is 521 g/mol. The third kappa shape index (κ3) is 5.84. The minimum Gasteiger partial charge on any atom is -0.496 e. The van der Waals surface area contributed by atoms with Crippen molar-refractivity contribution in [3.05, 3.63) is 87.9 Å². The Morgan fingerprint density at radius 2 is 1.76 bits per heavy atom. The molecule has 9 heteroatoms. The zero-order valence-electron chi connectivity index (χ0n) is 19.1. The summed E-state index contributed by atoms with van der Waals surface area (Å²) in [6.07, 6.45) is 0.612. The van der Waals surface area contributed by atoms with Gasteiger partial charge >= 0.3 is 0 Å². The monoisotopic (exact) mass is 520 g/mol. The van der Waals surface area contributed by atoms with E-state index in [0.29, 0.717) is 11.4 Å². The lowest BCUT2D eigenvalue weighted by Gasteiger charge is -2.26. The highest BCUT2D eigenvalue weighted by atomic mass is 35.5. The number of hydrogen-bond acceptors (Lipinski definition) is 4. The Kier molecular flexibility index (Phi) is 8.47. The summed E-state index contributed by atoms with van der Waals surface area (Å²) in [5, 5.41) is 3.40. The molecule has 0 saturated carbocycles. The summed E-state index contributed by atoms with van der Waals surface area (Å²) < 4.78 is 33.3. The molecular formula is C25H26Cl2N2O4S. The molecule has 0 spiro atoms. The van der Waals surface area contributed by atoms with Crippen molar-refractivity contribution in [2.75, 3.05) is 18.0 Å². The summed E-state index contributed by atoms with van der Waals surface area (Å²) in [5.41, 5.74) is 1.96. The van der Waals surface area contributed by atoms with E-state index in [1.807, 2.05) is 32.0 Å². The molecule has 34 heavy (non-hydrogen) atoms. The van der Waals surface area contributed by atoms with Crippen LogP contribution in [0.1, 0.15) is 30.5 Å². The smallest absolute Gasteiger partial charge is 0.264 e. The Morgan fingerprint density at radius 3 is 2.38 bits per heavy atom. The van der Waals surface area contributed by atoms with Crippen molar-refractivity contribution >= 4 is 44.8 Å². The molecule has 0 saturated heterocycles. The van der Waals surface area contributed by atoms with E-state index in [4.69, 9.17) is 27.9 Å². The number of hydrogen-bond donors (Lipinski definition) is 1. The van der Waals surface area contributed by atoms with Crippen molar-refractivity contribution in [3.63, 3.8) is 0 Å². The van der Waals surface area contributed by atoms with Crippen LogP contribution in [0.2, 0.25) is 10.0 Å². The zero-order chi connectivity index (χ0) is 24.9. The highest BCUT2D eigenvalue weighted by Crippen LogP contribution is 2.33. The van der Waals surface area contributed by atoms with Gasteiger partial charge in [0.05, 0.1) is 28.8 Å². The number of amides is 1. The number of sulfonamides is 1. The van der Waals surface area contributed by atoms with E-state index in [2.05, 4.69) is 5.32 Å². The van der Waals surface area contributed by atoms with Crippen LogP contribution in [0.4, 0.5) is 5.69 Å². The Hall–Kier alpha value is -2.74. The Labute approximate surface area is 210 Å². The number of methoxy groups -OCH3 is 1. The molecular weight excluding hydrogens is 495 g/mol. The maximum atomic E-state index is 13.5. The molecule has 3 rings (SSSR count). The fourth-order valence-corrected chi connectivity index (χ4v) is 5.49. The third-order valence-corrected chi connectivity index (χ3v) is 7.69. The molecule has 0 unspecified atom stereocenters. The number of halogens is 2. The quantitative estimate of drug-likeness (QED) is 0.388. The summed E-state index contributed by atoms with van der Waals surface area (Å²) in [6.45, 7) is 3.39. The predicted molar refractivity (Wildman–Crippen MR) is 136 cm³/mol. The molecule has 0 aliphatic heterocycles. The number of rotatable bonds is 9. The van der Waals surface area contributed by atoms with E-state index in [-0.39, 0.29) is 21.6 Å². The number of carbonyl (C=O) groups excluding carboxylic acids is 1. The van der Waals surface area contributed by atoms with Gasteiger partial charge in [0.25, 0.3) is 10.0 Å². The normalized spacial score (nSPS) is 12.1. The molecule has 1 amide bonds. The minimum atomic E-state index is -4.10. The van der Waals surface area contributed by atoms with Gasteiger partial charge in [0.15, 0.2) is 0 Å². The summed E-state index contributed by atoms with van der Waals surface area (Å²) in [7, 11) is -2.50. The topological polar surface area (TPSA) is 75.7 Å². The maximum Gasteiger partial charge on any atom is 0.264 e. The first kappa shape index (κ1) is 25.9. The second kappa shape index (κ2) is 11.1. The van der Waals surface area contributed by atoms with Gasteiger partial charge in [-0.1, -0.05) is 60.5 Å². The lowest BCUT2D eigenvalue weighted by Crippen LogP contribution is -2.42. The summed E-state index contributed by atoms with van der Waals surface area (Å²) >= 11 is 12.5. The Balaban J connectivity index is 1.94. The first-order chi connectivity index (χ1) is 16.2. The zero-order valence-corrected chi connectivity index (χ0v) is 21.4. The van der Waals surface area contributed by atoms with Crippen LogP contribution >= 0.6 is 23.2 Å². The van der Waals surface area contributed by atoms with E-state index in [1.165, 1.54) is 24.3 Å². The molecule has 0 aliphatic carbocycles. The van der Waals surface area contributed by atoms with E-state index >= 15 is 0 Å². The summed E-state index contributed by atoms with van der Waals surface area (Å²) in [5.74, 6) is 0.275. The van der Waals surface area contributed by atoms with E-state index in [0.717, 1.165) is 21.2 Å². The number of aryl methyl sites for hydroxylation is 1. The van der Waals surface area contributed by atoms with Crippen molar-refractivity contribution in [3.8, 4) is 5.75 Å². The van der Waals surface area contributed by atoms with Crippen molar-refractivity contribution in [1.29, 1.82) is 0 Å². The van der Waals surface area contributed by atoms with E-state index in [9.17, 15) is 13.2 Å². The Morgan fingerprint density at radius 1 is 1.06 bits per heavy atom. The van der Waals surface area contributed by atoms with Crippen LogP contribution in [0.15, 0.2) is 71.6 Å². The summed E-state index contributed by atoms with van der Waals surface area (Å²) in [6, 6.07) is 17.7. The van der Waals surface area contributed by atoms with Crippen LogP contribution in [0.25, 0.3) is 0 Å². The lowest BCUT2D eigenvalue weighted by atomic mass is 10.0. The van der Waals surface area contributed by atoms with Gasteiger partial charge in [0.2, 0.25) is 5.91 Å². The fourth-order valence-electron chi connectivity index (χ4n) is 3.61. The van der Waals surface area contributed by atoms with Gasteiger partial charge in [-0.3, -0.25) is 9.10 Å². The number of carbonyl (C=O) groups is 1. The van der Waals surface area contributed by atoms with Crippen LogP contribution < -0.4 is 14.4 Å². The van der Waals surface area contributed by atoms with Crippen LogP contribution in [0.3, 0.4) is 0 Å². The van der Waals surface area contributed by atoms with Crippen LogP contribution in [0.5, 0.6) is 5.75 Å². The molecule has 0 fully saturated rings. The van der Waals surface area contributed by atoms with Crippen LogP contribution in [-0.4, -0.2) is 28.0 Å². The number of ether oxygens (including phenoxy) is 1. The fraction of sp³-hybridized carbons (Fsp3) is 0.240. The number of benzene rings is 3. The largest absolute Gasteiger partial charge is 0.496 e. The molecule has 180 valence electrons. The molecule has 0 radical (unpaired) electrons. The number of anilines is 1. The molecule has 0 heterocycles. The minimum absolute atomic E-state index is 0.0386. The Bertz CT molecular complexity index is 1270.